The number of carbonyl (C=O) groups is 5. The lowest BCUT2D eigenvalue weighted by Crippen LogP contribution is -2.56. The van der Waals surface area contributed by atoms with E-state index in [2.05, 4.69) is 67.2 Å². The van der Waals surface area contributed by atoms with Crippen LogP contribution in [0.5, 0.6) is 0 Å². The molecule has 1 saturated carbocycles. The predicted molar refractivity (Wildman–Crippen MR) is 301 cm³/mol. The second-order valence-corrected chi connectivity index (χ2v) is 23.0. The van der Waals surface area contributed by atoms with E-state index in [9.17, 15) is 37.2 Å². The van der Waals surface area contributed by atoms with Crippen LogP contribution < -0.4 is 26.8 Å². The predicted octanol–water partition coefficient (Wildman–Crippen LogP) is 5.06. The third-order valence-electron chi connectivity index (χ3n) is 15.2. The summed E-state index contributed by atoms with van der Waals surface area (Å²) in [6.07, 6.45) is 15.5. The first-order chi connectivity index (χ1) is 38.8. The van der Waals surface area contributed by atoms with Crippen molar-refractivity contribution in [2.75, 3.05) is 45.8 Å². The molecule has 1 aliphatic heterocycles. The highest BCUT2D eigenvalue weighted by molar-refractivity contribution is 7.90. The Kier molecular flexibility index (Phi) is 21.1. The smallest absolute Gasteiger partial charge is 0.293 e. The Hall–Kier alpha value is -7.31. The maximum absolute atomic E-state index is 15.0. The van der Waals surface area contributed by atoms with Gasteiger partial charge in [0.2, 0.25) is 38.6 Å². The number of rotatable bonds is 32. The molecule has 5 heterocycles. The normalized spacial score (nSPS) is 14.2. The number of aromatic nitrogens is 7. The Labute approximate surface area is 471 Å². The number of pyridine rings is 2. The van der Waals surface area contributed by atoms with Crippen LogP contribution in [0.3, 0.4) is 0 Å². The first kappa shape index (κ1) is 61.3. The number of hydrogen-bond acceptors (Lipinski definition) is 16. The molecular formula is C57H75FN12O10S. The Bertz CT molecular complexity index is 3280. The summed E-state index contributed by atoms with van der Waals surface area (Å²) in [5.41, 5.74) is 5.38. The molecule has 2 atom stereocenters. The van der Waals surface area contributed by atoms with E-state index in [0.717, 1.165) is 68.3 Å². The maximum Gasteiger partial charge on any atom is 0.293 e. The van der Waals surface area contributed by atoms with E-state index in [1.165, 1.54) is 18.5 Å². The van der Waals surface area contributed by atoms with Gasteiger partial charge < -0.3 is 40.2 Å². The van der Waals surface area contributed by atoms with E-state index in [4.69, 9.17) is 14.5 Å². The molecule has 4 amide bonds. The molecule has 0 radical (unpaired) electrons. The van der Waals surface area contributed by atoms with Crippen LogP contribution in [0, 0.1) is 18.7 Å². The van der Waals surface area contributed by atoms with Gasteiger partial charge in [0.25, 0.3) is 12.0 Å². The number of ether oxygens (including phenoxy) is 2. The summed E-state index contributed by atoms with van der Waals surface area (Å²) in [6.45, 7) is 14.5. The number of carbonyl (C=O) groups excluding carboxylic acids is 5. The molecule has 2 aliphatic rings. The summed E-state index contributed by atoms with van der Waals surface area (Å²) < 4.78 is 52.6. The molecule has 81 heavy (non-hydrogen) atoms. The Balaban J connectivity index is 0.905. The van der Waals surface area contributed by atoms with Crippen molar-refractivity contribution in [3.05, 3.63) is 86.9 Å². The summed E-state index contributed by atoms with van der Waals surface area (Å²) in [5.74, 6) is -2.63. The molecule has 0 unspecified atom stereocenters. The van der Waals surface area contributed by atoms with Crippen molar-refractivity contribution in [1.82, 2.24) is 60.7 Å². The van der Waals surface area contributed by atoms with Crippen LogP contribution in [-0.4, -0.2) is 136 Å². The Morgan fingerprint density at radius 2 is 1.70 bits per heavy atom. The highest BCUT2D eigenvalue weighted by Gasteiger charge is 2.45. The van der Waals surface area contributed by atoms with Crippen LogP contribution in [0.2, 0.25) is 0 Å². The van der Waals surface area contributed by atoms with Crippen molar-refractivity contribution in [3.8, 4) is 22.6 Å². The van der Waals surface area contributed by atoms with E-state index in [0.29, 0.717) is 89.8 Å². The van der Waals surface area contributed by atoms with E-state index in [1.54, 1.807) is 48.4 Å². The molecule has 1 fully saturated rings. The van der Waals surface area contributed by atoms with Crippen LogP contribution in [0.4, 0.5) is 4.39 Å². The fourth-order valence-electron chi connectivity index (χ4n) is 10.1. The molecule has 0 spiro atoms. The van der Waals surface area contributed by atoms with Gasteiger partial charge in [0.15, 0.2) is 0 Å². The summed E-state index contributed by atoms with van der Waals surface area (Å²) in [7, 11) is -3.54. The minimum absolute atomic E-state index is 0.0569. The second-order valence-electron chi connectivity index (χ2n) is 21.1. The van der Waals surface area contributed by atoms with E-state index in [-0.39, 0.29) is 60.9 Å². The van der Waals surface area contributed by atoms with Gasteiger partial charge in [-0.3, -0.25) is 33.4 Å². The number of hydrogen-bond donors (Lipinski definition) is 4. The van der Waals surface area contributed by atoms with Crippen molar-refractivity contribution in [2.24, 2.45) is 5.92 Å². The average Bonchev–Trinajstić information content (AvgIpc) is 3.97. The fourth-order valence-corrected chi connectivity index (χ4v) is 10.6. The molecule has 7 rings (SSSR count). The van der Waals surface area contributed by atoms with Crippen molar-refractivity contribution < 1.29 is 46.3 Å². The minimum atomic E-state index is -3.54. The summed E-state index contributed by atoms with van der Waals surface area (Å²) in [6, 6.07) is 3.19. The number of aryl methyl sites for hydroxylation is 2. The van der Waals surface area contributed by atoms with Crippen molar-refractivity contribution in [3.63, 3.8) is 0 Å². The van der Waals surface area contributed by atoms with Crippen LogP contribution in [0.25, 0.3) is 39.6 Å². The molecule has 436 valence electrons. The van der Waals surface area contributed by atoms with Gasteiger partial charge in [0.1, 0.15) is 36.9 Å². The molecule has 24 heteroatoms. The standard InChI is InChI=1S/C57H75FN12O10S/c1-8-57(20-21-57)43-26-48-52-41(31-70(48)55(76)42(43)33-80-35-71)39(40-25-37(6)44(58)27-46(40)63-52)17-16-24-79-34-62-50(73)30-59-53(74)45(18-13-15-22-68(9-2)10-3)64-54(75)51(36(4)5)65-49(72)19-12-11-14-23-69-32-47(66-67-69)38-28-60-56(61-29-38)81(7,77)78/h16-17,25-29,32,35-36,45,51H,8-15,18-24,30-31,33-34H2,1-7H3,(H,59,74)(H,62,73)(H,64,75)(H,65,72)/b17-16+/t45-,51-/m0/s1. The zero-order valence-corrected chi connectivity index (χ0v) is 48.1. The SMILES string of the molecule is CCN(CC)CCCC[C@H](NC(=O)[C@@H](NC(=O)CCCCCn1cc(-c2cnc(S(C)(=O)=O)nc2)nn1)C(C)C)C(=O)NCC(=O)NCOC/C=C/c1c2c(nc3cc(F)c(C)cc13)-c1cc(C3(CC)CC3)c(COC=O)c(=O)n1C2. The average molecular weight is 1140 g/mol. The van der Waals surface area contributed by atoms with Gasteiger partial charge in [0.05, 0.1) is 48.4 Å². The lowest BCUT2D eigenvalue weighted by atomic mass is 9.89. The Morgan fingerprint density at radius 1 is 0.951 bits per heavy atom. The van der Waals surface area contributed by atoms with Crippen molar-refractivity contribution in [1.29, 1.82) is 0 Å². The van der Waals surface area contributed by atoms with Crippen molar-refractivity contribution >= 4 is 56.9 Å². The number of fused-ring (bicyclic) bond motifs is 4. The molecular weight excluding hydrogens is 1060 g/mol. The molecule has 0 saturated heterocycles. The number of amides is 4. The molecule has 1 aliphatic carbocycles. The van der Waals surface area contributed by atoms with Gasteiger partial charge >= 0.3 is 0 Å². The highest BCUT2D eigenvalue weighted by Crippen LogP contribution is 2.53. The topological polar surface area (TPSA) is 281 Å². The number of benzene rings is 1. The summed E-state index contributed by atoms with van der Waals surface area (Å²) in [5, 5.41) is 19.7. The summed E-state index contributed by atoms with van der Waals surface area (Å²) in [4.78, 5) is 94.1. The monoisotopic (exact) mass is 1140 g/mol. The molecule has 0 bridgehead atoms. The quantitative estimate of drug-likeness (QED) is 0.0186. The van der Waals surface area contributed by atoms with E-state index < -0.39 is 52.0 Å². The van der Waals surface area contributed by atoms with Gasteiger partial charge in [-0.25, -0.2) is 27.8 Å². The lowest BCUT2D eigenvalue weighted by molar-refractivity contribution is -0.133. The molecule has 4 N–H and O–H groups in total. The third kappa shape index (κ3) is 15.6. The number of halogens is 1. The zero-order valence-electron chi connectivity index (χ0n) is 47.3. The van der Waals surface area contributed by atoms with Crippen LogP contribution in [0.15, 0.2) is 52.8 Å². The number of nitrogens with one attached hydrogen (secondary N) is 4. The molecule has 1 aromatic carbocycles. The fraction of sp³-hybridized carbons (Fsp3) is 0.526. The van der Waals surface area contributed by atoms with Crippen LogP contribution in [0.1, 0.15) is 127 Å². The lowest BCUT2D eigenvalue weighted by Gasteiger charge is -2.25. The highest BCUT2D eigenvalue weighted by atomic mass is 32.2. The zero-order chi connectivity index (χ0) is 58.4. The number of sulfone groups is 1. The maximum atomic E-state index is 15.0. The largest absolute Gasteiger partial charge is 0.463 e. The molecule has 4 aromatic heterocycles. The van der Waals surface area contributed by atoms with E-state index >= 15 is 4.39 Å². The van der Waals surface area contributed by atoms with Gasteiger partial charge in [0, 0.05) is 54.2 Å². The van der Waals surface area contributed by atoms with Gasteiger partial charge in [-0.15, -0.1) is 5.10 Å². The summed E-state index contributed by atoms with van der Waals surface area (Å²) >= 11 is 0. The molecule has 22 nitrogen and oxygen atoms in total. The van der Waals surface area contributed by atoms with Gasteiger partial charge in [-0.05, 0) is 118 Å². The number of unbranched alkanes of at least 4 members (excludes halogenated alkanes) is 3. The number of nitrogens with zero attached hydrogens (tertiary/aromatic N) is 8. The molecule has 5 aromatic rings. The van der Waals surface area contributed by atoms with Gasteiger partial charge in [-0.1, -0.05) is 58.4 Å². The van der Waals surface area contributed by atoms with Crippen LogP contribution in [-0.2, 0) is 68.4 Å². The Morgan fingerprint density at radius 3 is 2.38 bits per heavy atom. The van der Waals surface area contributed by atoms with Crippen LogP contribution >= 0.6 is 0 Å². The van der Waals surface area contributed by atoms with Gasteiger partial charge in [-0.2, -0.15) is 0 Å². The minimum Gasteiger partial charge on any atom is -0.463 e. The van der Waals surface area contributed by atoms with E-state index in [1.807, 2.05) is 12.1 Å². The first-order valence-electron chi connectivity index (χ1n) is 27.8. The first-order valence-corrected chi connectivity index (χ1v) is 29.7. The van der Waals surface area contributed by atoms with Crippen molar-refractivity contribution in [2.45, 2.75) is 148 Å². The second kappa shape index (κ2) is 27.9. The third-order valence-corrected chi connectivity index (χ3v) is 16.0.